The van der Waals surface area contributed by atoms with Gasteiger partial charge in [0.15, 0.2) is 0 Å². The third-order valence-corrected chi connectivity index (χ3v) is 1.99. The first-order valence-electron chi connectivity index (χ1n) is 5.65. The SMILES string of the molecule is CCCNC(=O)NC(=O)CN(CCO)CCO. The summed E-state index contributed by atoms with van der Waals surface area (Å²) >= 11 is 0. The molecule has 0 aliphatic heterocycles. The van der Waals surface area contributed by atoms with E-state index in [0.29, 0.717) is 6.54 Å². The summed E-state index contributed by atoms with van der Waals surface area (Å²) in [6.45, 7) is 2.75. The van der Waals surface area contributed by atoms with Gasteiger partial charge in [-0.3, -0.25) is 15.0 Å². The van der Waals surface area contributed by atoms with Crippen molar-refractivity contribution < 1.29 is 19.8 Å². The molecule has 0 bridgehead atoms. The number of urea groups is 1. The van der Waals surface area contributed by atoms with Gasteiger partial charge in [-0.1, -0.05) is 6.92 Å². The van der Waals surface area contributed by atoms with Crippen LogP contribution in [-0.4, -0.2) is 66.4 Å². The molecular weight excluding hydrogens is 226 g/mol. The average molecular weight is 247 g/mol. The molecule has 0 radical (unpaired) electrons. The van der Waals surface area contributed by atoms with Crippen LogP contribution in [0.2, 0.25) is 0 Å². The molecular formula is C10H21N3O4. The Labute approximate surface area is 101 Å². The molecule has 0 heterocycles. The van der Waals surface area contributed by atoms with Crippen molar-refractivity contribution in [2.45, 2.75) is 13.3 Å². The maximum Gasteiger partial charge on any atom is 0.321 e. The van der Waals surface area contributed by atoms with Crippen LogP contribution in [0.5, 0.6) is 0 Å². The molecule has 0 aliphatic carbocycles. The summed E-state index contributed by atoms with van der Waals surface area (Å²) < 4.78 is 0. The lowest BCUT2D eigenvalue weighted by Gasteiger charge is -2.19. The van der Waals surface area contributed by atoms with Crippen LogP contribution < -0.4 is 10.6 Å². The van der Waals surface area contributed by atoms with Gasteiger partial charge in [0.1, 0.15) is 0 Å². The van der Waals surface area contributed by atoms with E-state index in [-0.39, 0.29) is 32.8 Å². The minimum absolute atomic E-state index is 0.0271. The average Bonchev–Trinajstić information content (AvgIpc) is 2.26. The third kappa shape index (κ3) is 8.61. The lowest BCUT2D eigenvalue weighted by molar-refractivity contribution is -0.121. The van der Waals surface area contributed by atoms with Gasteiger partial charge >= 0.3 is 6.03 Å². The van der Waals surface area contributed by atoms with E-state index in [1.54, 1.807) is 4.90 Å². The van der Waals surface area contributed by atoms with E-state index in [1.807, 2.05) is 6.92 Å². The van der Waals surface area contributed by atoms with Crippen LogP contribution in [0.15, 0.2) is 0 Å². The van der Waals surface area contributed by atoms with Crippen molar-refractivity contribution in [3.63, 3.8) is 0 Å². The molecule has 0 aromatic carbocycles. The molecule has 0 saturated heterocycles. The second kappa shape index (κ2) is 10.0. The Balaban J connectivity index is 3.91. The van der Waals surface area contributed by atoms with Gasteiger partial charge in [0.2, 0.25) is 5.91 Å². The van der Waals surface area contributed by atoms with Crippen LogP contribution in [0.4, 0.5) is 4.79 Å². The molecule has 100 valence electrons. The van der Waals surface area contributed by atoms with E-state index < -0.39 is 11.9 Å². The van der Waals surface area contributed by atoms with Gasteiger partial charge in [-0.15, -0.1) is 0 Å². The topological polar surface area (TPSA) is 102 Å². The summed E-state index contributed by atoms with van der Waals surface area (Å²) in [5, 5.41) is 22.2. The Morgan fingerprint density at radius 2 is 1.76 bits per heavy atom. The van der Waals surface area contributed by atoms with Crippen molar-refractivity contribution >= 4 is 11.9 Å². The van der Waals surface area contributed by atoms with E-state index in [4.69, 9.17) is 10.2 Å². The highest BCUT2D eigenvalue weighted by molar-refractivity contribution is 5.95. The monoisotopic (exact) mass is 247 g/mol. The molecule has 0 atom stereocenters. The quantitative estimate of drug-likeness (QED) is 0.418. The maximum absolute atomic E-state index is 11.4. The fourth-order valence-corrected chi connectivity index (χ4v) is 1.20. The van der Waals surface area contributed by atoms with Crippen LogP contribution >= 0.6 is 0 Å². The smallest absolute Gasteiger partial charge is 0.321 e. The molecule has 0 aromatic rings. The number of carbonyl (C=O) groups excluding carboxylic acids is 2. The van der Waals surface area contributed by atoms with E-state index in [0.717, 1.165) is 6.42 Å². The Kier molecular flexibility index (Phi) is 9.31. The number of carbonyl (C=O) groups is 2. The molecule has 7 nitrogen and oxygen atoms in total. The van der Waals surface area contributed by atoms with Gasteiger partial charge < -0.3 is 15.5 Å². The van der Waals surface area contributed by atoms with E-state index >= 15 is 0 Å². The second-order valence-corrected chi connectivity index (χ2v) is 3.53. The van der Waals surface area contributed by atoms with Crippen molar-refractivity contribution in [3.8, 4) is 0 Å². The Morgan fingerprint density at radius 3 is 2.24 bits per heavy atom. The highest BCUT2D eigenvalue weighted by Gasteiger charge is 2.12. The number of rotatable bonds is 8. The number of amides is 3. The Bertz CT molecular complexity index is 230. The van der Waals surface area contributed by atoms with Crippen LogP contribution in [-0.2, 0) is 4.79 Å². The van der Waals surface area contributed by atoms with Crippen LogP contribution in [0.25, 0.3) is 0 Å². The van der Waals surface area contributed by atoms with Gasteiger partial charge in [0.25, 0.3) is 0 Å². The molecule has 4 N–H and O–H groups in total. The minimum atomic E-state index is -0.523. The number of imide groups is 1. The zero-order valence-corrected chi connectivity index (χ0v) is 10.1. The van der Waals surface area contributed by atoms with Gasteiger partial charge in [0, 0.05) is 19.6 Å². The molecule has 0 fully saturated rings. The highest BCUT2D eigenvalue weighted by Crippen LogP contribution is 1.86. The van der Waals surface area contributed by atoms with Gasteiger partial charge in [-0.25, -0.2) is 4.79 Å². The zero-order valence-electron chi connectivity index (χ0n) is 10.1. The van der Waals surface area contributed by atoms with Gasteiger partial charge in [0.05, 0.1) is 19.8 Å². The fraction of sp³-hybridized carbons (Fsp3) is 0.800. The summed E-state index contributed by atoms with van der Waals surface area (Å²) in [4.78, 5) is 24.1. The lowest BCUT2D eigenvalue weighted by Crippen LogP contribution is -2.45. The normalized spacial score (nSPS) is 10.4. The molecule has 17 heavy (non-hydrogen) atoms. The largest absolute Gasteiger partial charge is 0.395 e. The van der Waals surface area contributed by atoms with Gasteiger partial charge in [-0.2, -0.15) is 0 Å². The molecule has 0 spiro atoms. The summed E-state index contributed by atoms with van der Waals surface area (Å²) in [5.74, 6) is -0.458. The first kappa shape index (κ1) is 15.8. The lowest BCUT2D eigenvalue weighted by atomic mass is 10.4. The van der Waals surface area contributed by atoms with E-state index in [2.05, 4.69) is 10.6 Å². The Hall–Kier alpha value is -1.18. The summed E-state index contributed by atoms with van der Waals surface area (Å²) in [7, 11) is 0. The van der Waals surface area contributed by atoms with Crippen molar-refractivity contribution in [2.75, 3.05) is 39.4 Å². The number of nitrogens with one attached hydrogen (secondary N) is 2. The predicted molar refractivity (Wildman–Crippen MR) is 62.4 cm³/mol. The van der Waals surface area contributed by atoms with Crippen molar-refractivity contribution in [2.24, 2.45) is 0 Å². The summed E-state index contributed by atoms with van der Waals surface area (Å²) in [6, 6.07) is -0.523. The standard InChI is InChI=1S/C10H21N3O4/c1-2-3-11-10(17)12-9(16)8-13(4-6-14)5-7-15/h14-15H,2-8H2,1H3,(H2,11,12,16,17). The molecule has 0 saturated carbocycles. The van der Waals surface area contributed by atoms with E-state index in [1.165, 1.54) is 0 Å². The predicted octanol–water partition coefficient (Wildman–Crippen LogP) is -1.49. The Morgan fingerprint density at radius 1 is 1.18 bits per heavy atom. The third-order valence-electron chi connectivity index (χ3n) is 1.99. The molecule has 0 aliphatic rings. The van der Waals surface area contributed by atoms with Crippen LogP contribution in [0.3, 0.4) is 0 Å². The number of nitrogens with zero attached hydrogens (tertiary/aromatic N) is 1. The van der Waals surface area contributed by atoms with Crippen molar-refractivity contribution in [3.05, 3.63) is 0 Å². The van der Waals surface area contributed by atoms with Crippen molar-refractivity contribution in [1.29, 1.82) is 0 Å². The van der Waals surface area contributed by atoms with Gasteiger partial charge in [-0.05, 0) is 6.42 Å². The fourth-order valence-electron chi connectivity index (χ4n) is 1.20. The zero-order chi connectivity index (χ0) is 13.1. The van der Waals surface area contributed by atoms with Crippen LogP contribution in [0, 0.1) is 0 Å². The van der Waals surface area contributed by atoms with E-state index in [9.17, 15) is 9.59 Å². The molecule has 7 heteroatoms. The number of aliphatic hydroxyl groups is 2. The molecule has 0 rings (SSSR count). The maximum atomic E-state index is 11.4. The first-order chi connectivity index (χ1) is 8.13. The number of hydrogen-bond acceptors (Lipinski definition) is 5. The highest BCUT2D eigenvalue weighted by atomic mass is 16.3. The number of hydrogen-bond donors (Lipinski definition) is 4. The second-order valence-electron chi connectivity index (χ2n) is 3.53. The first-order valence-corrected chi connectivity index (χ1v) is 5.65. The molecule has 0 unspecified atom stereocenters. The van der Waals surface area contributed by atoms with Crippen molar-refractivity contribution in [1.82, 2.24) is 15.5 Å². The summed E-state index contributed by atoms with van der Waals surface area (Å²) in [6.07, 6.45) is 0.794. The molecule has 0 aromatic heterocycles. The summed E-state index contributed by atoms with van der Waals surface area (Å²) in [5.41, 5.74) is 0. The van der Waals surface area contributed by atoms with Crippen LogP contribution in [0.1, 0.15) is 13.3 Å². The molecule has 3 amide bonds. The number of aliphatic hydroxyl groups excluding tert-OH is 2. The minimum Gasteiger partial charge on any atom is -0.395 e.